The van der Waals surface area contributed by atoms with Crippen molar-refractivity contribution in [2.45, 2.75) is 72.6 Å². The Hall–Kier alpha value is -1.79. The van der Waals surface area contributed by atoms with Crippen molar-refractivity contribution >= 4 is 5.97 Å². The normalized spacial score (nSPS) is 19.4. The average Bonchev–Trinajstić information content (AvgIpc) is 2.69. The Morgan fingerprint density at radius 1 is 1.26 bits per heavy atom. The lowest BCUT2D eigenvalue weighted by atomic mass is 10.0. The Morgan fingerprint density at radius 2 is 1.89 bits per heavy atom. The molecule has 0 fully saturated rings. The molecule has 3 atom stereocenters. The van der Waals surface area contributed by atoms with Crippen molar-refractivity contribution in [2.24, 2.45) is 0 Å². The highest BCUT2D eigenvalue weighted by molar-refractivity contribution is 5.80. The summed E-state index contributed by atoms with van der Waals surface area (Å²) in [5.74, 6) is 0.715. The molecular formula is C21H37NO5. The molecule has 2 rings (SSSR count). The molecule has 1 aliphatic rings. The molecule has 0 spiro atoms. The maximum absolute atomic E-state index is 11.8. The average molecular weight is 384 g/mol. The minimum atomic E-state index is -1.12. The van der Waals surface area contributed by atoms with Gasteiger partial charge in [-0.3, -0.25) is 0 Å². The van der Waals surface area contributed by atoms with Crippen molar-refractivity contribution in [3.8, 4) is 11.5 Å². The summed E-state index contributed by atoms with van der Waals surface area (Å²) in [4.78, 5) is 11.8. The molecule has 1 aromatic carbocycles. The van der Waals surface area contributed by atoms with E-state index in [1.54, 1.807) is 13.8 Å². The van der Waals surface area contributed by atoms with Crippen LogP contribution in [0.2, 0.25) is 0 Å². The molecule has 1 aliphatic heterocycles. The van der Waals surface area contributed by atoms with Crippen LogP contribution in [0.4, 0.5) is 0 Å². The summed E-state index contributed by atoms with van der Waals surface area (Å²) in [7, 11) is 1.33. The highest BCUT2D eigenvalue weighted by atomic mass is 16.6. The molecule has 6 nitrogen and oxygen atoms in total. The Kier molecular flexibility index (Phi) is 11.7. The number of hydrogen-bond donors (Lipinski definition) is 2. The lowest BCUT2D eigenvalue weighted by molar-refractivity contribution is -0.162. The second kappa shape index (κ2) is 12.6. The van der Waals surface area contributed by atoms with Crippen molar-refractivity contribution in [3.63, 3.8) is 0 Å². The zero-order valence-electron chi connectivity index (χ0n) is 18.1. The number of ether oxygens (including phenoxy) is 3. The lowest BCUT2D eigenvalue weighted by Crippen LogP contribution is -2.49. The van der Waals surface area contributed by atoms with Gasteiger partial charge in [-0.2, -0.15) is 0 Å². The summed E-state index contributed by atoms with van der Waals surface area (Å²) in [6.45, 7) is 14.1. The molecule has 0 aromatic heterocycles. The van der Waals surface area contributed by atoms with Crippen LogP contribution in [0.15, 0.2) is 18.2 Å². The molecule has 0 amide bonds. The third kappa shape index (κ3) is 7.77. The SMILES string of the molecule is CC.CC.COC(=O)C1(C)COc2cc(CC(C)NCC(C)O)ccc2O1. The van der Waals surface area contributed by atoms with Crippen LogP contribution in [0.5, 0.6) is 11.5 Å². The van der Waals surface area contributed by atoms with Crippen molar-refractivity contribution < 1.29 is 24.1 Å². The molecule has 6 heteroatoms. The number of aliphatic hydroxyl groups excluding tert-OH is 1. The van der Waals surface area contributed by atoms with Crippen LogP contribution in [0.25, 0.3) is 0 Å². The van der Waals surface area contributed by atoms with Gasteiger partial charge in [-0.25, -0.2) is 4.79 Å². The van der Waals surface area contributed by atoms with Gasteiger partial charge in [0.15, 0.2) is 11.5 Å². The van der Waals surface area contributed by atoms with E-state index in [1.807, 2.05) is 45.9 Å². The molecular weight excluding hydrogens is 346 g/mol. The van der Waals surface area contributed by atoms with Crippen LogP contribution in [0.3, 0.4) is 0 Å². The smallest absolute Gasteiger partial charge is 0.353 e. The highest BCUT2D eigenvalue weighted by Crippen LogP contribution is 2.36. The van der Waals surface area contributed by atoms with E-state index in [4.69, 9.17) is 14.2 Å². The quantitative estimate of drug-likeness (QED) is 0.734. The van der Waals surface area contributed by atoms with Crippen molar-refractivity contribution in [1.82, 2.24) is 5.32 Å². The Labute approximate surface area is 164 Å². The molecule has 2 N–H and O–H groups in total. The fourth-order valence-corrected chi connectivity index (χ4v) is 2.48. The van der Waals surface area contributed by atoms with Crippen LogP contribution in [0, 0.1) is 0 Å². The molecule has 156 valence electrons. The number of carbonyl (C=O) groups excluding carboxylic acids is 1. The van der Waals surface area contributed by atoms with Gasteiger partial charge < -0.3 is 24.6 Å². The van der Waals surface area contributed by atoms with E-state index in [1.165, 1.54) is 7.11 Å². The number of benzene rings is 1. The first-order valence-electron chi connectivity index (χ1n) is 9.78. The summed E-state index contributed by atoms with van der Waals surface area (Å²) in [6.07, 6.45) is 0.436. The van der Waals surface area contributed by atoms with Gasteiger partial charge in [0, 0.05) is 12.6 Å². The van der Waals surface area contributed by atoms with Crippen molar-refractivity contribution in [1.29, 1.82) is 0 Å². The van der Waals surface area contributed by atoms with Gasteiger partial charge in [0.1, 0.15) is 6.61 Å². The fourth-order valence-electron chi connectivity index (χ4n) is 2.48. The van der Waals surface area contributed by atoms with Gasteiger partial charge in [-0.1, -0.05) is 33.8 Å². The minimum Gasteiger partial charge on any atom is -0.485 e. The Bertz CT molecular complexity index is 562. The second-order valence-corrected chi connectivity index (χ2v) is 6.26. The Balaban J connectivity index is 0.00000158. The minimum absolute atomic E-state index is 0.117. The van der Waals surface area contributed by atoms with Crippen LogP contribution in [-0.2, 0) is 16.0 Å². The molecule has 0 bridgehead atoms. The molecule has 0 aliphatic carbocycles. The zero-order valence-corrected chi connectivity index (χ0v) is 18.1. The van der Waals surface area contributed by atoms with Gasteiger partial charge in [0.05, 0.1) is 13.2 Å². The largest absolute Gasteiger partial charge is 0.485 e. The first-order valence-corrected chi connectivity index (χ1v) is 9.78. The maximum Gasteiger partial charge on any atom is 0.353 e. The standard InChI is InChI=1S/C17H25NO5.2C2H6/c1-11(18-9-12(2)19)7-13-5-6-14-15(8-13)22-10-17(3,23-14)16(20)21-4;2*1-2/h5-6,8,11-12,18-19H,7,9-10H2,1-4H3;2*1-2H3. The number of fused-ring (bicyclic) bond motifs is 1. The maximum atomic E-state index is 11.8. The Morgan fingerprint density at radius 3 is 2.44 bits per heavy atom. The van der Waals surface area contributed by atoms with Crippen LogP contribution in [0.1, 0.15) is 54.0 Å². The number of hydrogen-bond acceptors (Lipinski definition) is 6. The number of nitrogens with one attached hydrogen (secondary N) is 1. The molecule has 0 saturated heterocycles. The number of aliphatic hydroxyl groups is 1. The van der Waals surface area contributed by atoms with E-state index < -0.39 is 11.6 Å². The number of methoxy groups -OCH3 is 1. The van der Waals surface area contributed by atoms with Crippen molar-refractivity contribution in [3.05, 3.63) is 23.8 Å². The van der Waals surface area contributed by atoms with Gasteiger partial charge in [-0.05, 0) is 44.9 Å². The molecule has 27 heavy (non-hydrogen) atoms. The predicted octanol–water partition coefficient (Wildman–Crippen LogP) is 3.34. The monoisotopic (exact) mass is 383 g/mol. The van der Waals surface area contributed by atoms with Crippen molar-refractivity contribution in [2.75, 3.05) is 20.3 Å². The van der Waals surface area contributed by atoms with Gasteiger partial charge in [-0.15, -0.1) is 0 Å². The van der Waals surface area contributed by atoms with Crippen LogP contribution < -0.4 is 14.8 Å². The first-order chi connectivity index (χ1) is 12.8. The fraction of sp³-hybridized carbons (Fsp3) is 0.667. The molecule has 0 saturated carbocycles. The van der Waals surface area contributed by atoms with E-state index in [9.17, 15) is 9.90 Å². The third-order valence-electron chi connectivity index (χ3n) is 3.77. The first kappa shape index (κ1) is 25.2. The van der Waals surface area contributed by atoms with E-state index in [2.05, 4.69) is 12.2 Å². The lowest BCUT2D eigenvalue weighted by Gasteiger charge is -2.33. The van der Waals surface area contributed by atoms with Crippen LogP contribution in [-0.4, -0.2) is 49.1 Å². The topological polar surface area (TPSA) is 77.0 Å². The van der Waals surface area contributed by atoms with Gasteiger partial charge >= 0.3 is 5.97 Å². The second-order valence-electron chi connectivity index (χ2n) is 6.26. The van der Waals surface area contributed by atoms with Crippen LogP contribution >= 0.6 is 0 Å². The molecule has 0 radical (unpaired) electrons. The van der Waals surface area contributed by atoms with Gasteiger partial charge in [0.25, 0.3) is 0 Å². The summed E-state index contributed by atoms with van der Waals surface area (Å²) in [5.41, 5.74) is -0.0188. The third-order valence-corrected chi connectivity index (χ3v) is 3.77. The predicted molar refractivity (Wildman–Crippen MR) is 109 cm³/mol. The zero-order chi connectivity index (χ0) is 21.0. The molecule has 1 aromatic rings. The summed E-state index contributed by atoms with van der Waals surface area (Å²) >= 11 is 0. The number of carbonyl (C=O) groups is 1. The number of rotatable bonds is 6. The number of esters is 1. The summed E-state index contributed by atoms with van der Waals surface area (Å²) in [5, 5.41) is 12.6. The van der Waals surface area contributed by atoms with E-state index in [-0.39, 0.29) is 18.8 Å². The van der Waals surface area contributed by atoms with E-state index in [0.717, 1.165) is 12.0 Å². The molecule has 3 unspecified atom stereocenters. The molecule has 1 heterocycles. The highest BCUT2D eigenvalue weighted by Gasteiger charge is 2.41. The van der Waals surface area contributed by atoms with E-state index >= 15 is 0 Å². The summed E-state index contributed by atoms with van der Waals surface area (Å²) < 4.78 is 16.2. The van der Waals surface area contributed by atoms with E-state index in [0.29, 0.717) is 18.0 Å². The van der Waals surface area contributed by atoms with Gasteiger partial charge in [0.2, 0.25) is 5.60 Å². The summed E-state index contributed by atoms with van der Waals surface area (Å²) in [6, 6.07) is 5.91.